The minimum atomic E-state index is 0.845. The maximum absolute atomic E-state index is 3.51. The van der Waals surface area contributed by atoms with E-state index in [1.807, 2.05) is 0 Å². The van der Waals surface area contributed by atoms with Crippen molar-refractivity contribution in [3.05, 3.63) is 64.1 Å². The maximum atomic E-state index is 3.51. The average molecular weight is 319 g/mol. The summed E-state index contributed by atoms with van der Waals surface area (Å²) >= 11 is 3.45. The first-order chi connectivity index (χ1) is 9.15. The van der Waals surface area contributed by atoms with Crippen molar-refractivity contribution in [2.45, 2.75) is 13.1 Å². The number of hydrogen-bond donors (Lipinski definition) is 1. The van der Waals surface area contributed by atoms with Crippen molar-refractivity contribution in [3.63, 3.8) is 0 Å². The van der Waals surface area contributed by atoms with Gasteiger partial charge in [0.25, 0.3) is 0 Å². The van der Waals surface area contributed by atoms with Crippen LogP contribution in [0.15, 0.2) is 53.0 Å². The lowest BCUT2D eigenvalue weighted by Crippen LogP contribution is -2.12. The monoisotopic (exact) mass is 318 g/mol. The summed E-state index contributed by atoms with van der Waals surface area (Å²) in [6.45, 7) is 1.79. The average Bonchev–Trinajstić information content (AvgIpc) is 2.39. The molecule has 1 N–H and O–H groups in total. The van der Waals surface area contributed by atoms with Crippen LogP contribution in [0.1, 0.15) is 11.1 Å². The van der Waals surface area contributed by atoms with Gasteiger partial charge in [0, 0.05) is 23.2 Å². The molecule has 0 aliphatic heterocycles. The van der Waals surface area contributed by atoms with Crippen molar-refractivity contribution in [1.82, 2.24) is 4.90 Å². The predicted molar refractivity (Wildman–Crippen MR) is 85.3 cm³/mol. The van der Waals surface area contributed by atoms with Gasteiger partial charge in [-0.05, 0) is 43.4 Å². The molecule has 0 aliphatic carbocycles. The molecule has 0 amide bonds. The minimum Gasteiger partial charge on any atom is -0.381 e. The Hall–Kier alpha value is -1.32. The lowest BCUT2D eigenvalue weighted by molar-refractivity contribution is 0.403. The number of anilines is 1. The van der Waals surface area contributed by atoms with Crippen LogP contribution in [0.5, 0.6) is 0 Å². The van der Waals surface area contributed by atoms with Crippen LogP contribution in [0.3, 0.4) is 0 Å². The van der Waals surface area contributed by atoms with E-state index in [4.69, 9.17) is 0 Å². The Bertz CT molecular complexity index is 521. The highest BCUT2D eigenvalue weighted by molar-refractivity contribution is 9.10. The lowest BCUT2D eigenvalue weighted by Gasteiger charge is -2.15. The minimum absolute atomic E-state index is 0.845. The van der Waals surface area contributed by atoms with Crippen LogP contribution < -0.4 is 5.32 Å². The third-order valence-corrected chi connectivity index (χ3v) is 3.43. The second kappa shape index (κ2) is 6.73. The van der Waals surface area contributed by atoms with Crippen molar-refractivity contribution in [3.8, 4) is 0 Å². The fraction of sp³-hybridized carbons (Fsp3) is 0.250. The van der Waals surface area contributed by atoms with Crippen molar-refractivity contribution in [2.75, 3.05) is 19.4 Å². The zero-order valence-corrected chi connectivity index (χ0v) is 12.9. The van der Waals surface area contributed by atoms with E-state index in [0.29, 0.717) is 0 Å². The van der Waals surface area contributed by atoms with E-state index in [-0.39, 0.29) is 0 Å². The van der Waals surface area contributed by atoms with Crippen LogP contribution in [0, 0.1) is 0 Å². The molecule has 2 rings (SSSR count). The summed E-state index contributed by atoms with van der Waals surface area (Å²) < 4.78 is 1.12. The summed E-state index contributed by atoms with van der Waals surface area (Å²) in [6, 6.07) is 16.9. The Labute approximate surface area is 123 Å². The first-order valence-corrected chi connectivity index (χ1v) is 7.15. The SMILES string of the molecule is CN(C)Cc1ccccc1NCc1ccc(Br)cc1. The molecular formula is C16H19BrN2. The van der Waals surface area contributed by atoms with E-state index in [1.165, 1.54) is 16.8 Å². The zero-order chi connectivity index (χ0) is 13.7. The molecule has 0 heterocycles. The van der Waals surface area contributed by atoms with Crippen LogP contribution in [0.2, 0.25) is 0 Å². The zero-order valence-electron chi connectivity index (χ0n) is 11.4. The molecule has 0 fully saturated rings. The largest absolute Gasteiger partial charge is 0.381 e. The lowest BCUT2D eigenvalue weighted by atomic mass is 10.1. The van der Waals surface area contributed by atoms with Gasteiger partial charge in [-0.2, -0.15) is 0 Å². The number of halogens is 1. The molecule has 0 bridgehead atoms. The van der Waals surface area contributed by atoms with Gasteiger partial charge in [-0.15, -0.1) is 0 Å². The van der Waals surface area contributed by atoms with Crippen LogP contribution in [-0.4, -0.2) is 19.0 Å². The summed E-state index contributed by atoms with van der Waals surface area (Å²) in [5, 5.41) is 3.51. The van der Waals surface area contributed by atoms with E-state index < -0.39 is 0 Å². The standard InChI is InChI=1S/C16H19BrN2/c1-19(2)12-14-5-3-4-6-16(14)18-11-13-7-9-15(17)10-8-13/h3-10,18H,11-12H2,1-2H3. The first-order valence-electron chi connectivity index (χ1n) is 6.36. The molecule has 100 valence electrons. The third-order valence-electron chi connectivity index (χ3n) is 2.90. The summed E-state index contributed by atoms with van der Waals surface area (Å²) in [5.41, 5.74) is 3.81. The van der Waals surface area contributed by atoms with E-state index in [2.05, 4.69) is 88.8 Å². The molecule has 0 saturated carbocycles. The van der Waals surface area contributed by atoms with E-state index in [0.717, 1.165) is 17.6 Å². The molecule has 3 heteroatoms. The normalized spacial score (nSPS) is 10.7. The topological polar surface area (TPSA) is 15.3 Å². The summed E-state index contributed by atoms with van der Waals surface area (Å²) in [5.74, 6) is 0. The van der Waals surface area contributed by atoms with Crippen LogP contribution in [-0.2, 0) is 13.1 Å². The second-order valence-corrected chi connectivity index (χ2v) is 5.79. The molecule has 0 unspecified atom stereocenters. The summed E-state index contributed by atoms with van der Waals surface area (Å²) in [7, 11) is 4.18. The Morgan fingerprint density at radius 1 is 1.00 bits per heavy atom. The fourth-order valence-corrected chi connectivity index (χ4v) is 2.24. The van der Waals surface area contributed by atoms with Crippen molar-refractivity contribution < 1.29 is 0 Å². The highest BCUT2D eigenvalue weighted by atomic mass is 79.9. The van der Waals surface area contributed by atoms with E-state index in [9.17, 15) is 0 Å². The Morgan fingerprint density at radius 2 is 1.68 bits per heavy atom. The van der Waals surface area contributed by atoms with Crippen molar-refractivity contribution >= 4 is 21.6 Å². The van der Waals surface area contributed by atoms with Gasteiger partial charge >= 0.3 is 0 Å². The highest BCUT2D eigenvalue weighted by Gasteiger charge is 2.02. The van der Waals surface area contributed by atoms with Gasteiger partial charge in [0.05, 0.1) is 0 Å². The third kappa shape index (κ3) is 4.37. The maximum Gasteiger partial charge on any atom is 0.0400 e. The van der Waals surface area contributed by atoms with E-state index >= 15 is 0 Å². The number of rotatable bonds is 5. The number of benzene rings is 2. The Morgan fingerprint density at radius 3 is 2.37 bits per heavy atom. The molecule has 2 nitrogen and oxygen atoms in total. The molecule has 19 heavy (non-hydrogen) atoms. The molecule has 0 aromatic heterocycles. The summed E-state index contributed by atoms with van der Waals surface area (Å²) in [4.78, 5) is 2.18. The Balaban J connectivity index is 2.04. The second-order valence-electron chi connectivity index (χ2n) is 4.87. The van der Waals surface area contributed by atoms with Crippen molar-refractivity contribution in [2.24, 2.45) is 0 Å². The molecule has 0 saturated heterocycles. The molecule has 0 spiro atoms. The number of para-hydroxylation sites is 1. The molecule has 2 aromatic rings. The molecule has 2 aromatic carbocycles. The molecule has 0 aliphatic rings. The fourth-order valence-electron chi connectivity index (χ4n) is 1.97. The highest BCUT2D eigenvalue weighted by Crippen LogP contribution is 2.18. The number of nitrogens with one attached hydrogen (secondary N) is 1. The summed E-state index contributed by atoms with van der Waals surface area (Å²) in [6.07, 6.45) is 0. The van der Waals surface area contributed by atoms with Gasteiger partial charge in [-0.25, -0.2) is 0 Å². The number of hydrogen-bond acceptors (Lipinski definition) is 2. The van der Waals surface area contributed by atoms with Gasteiger partial charge in [-0.3, -0.25) is 0 Å². The molecule has 0 radical (unpaired) electrons. The van der Waals surface area contributed by atoms with Crippen molar-refractivity contribution in [1.29, 1.82) is 0 Å². The predicted octanol–water partition coefficient (Wildman–Crippen LogP) is 4.12. The van der Waals surface area contributed by atoms with Crippen LogP contribution >= 0.6 is 15.9 Å². The van der Waals surface area contributed by atoms with Gasteiger partial charge in [-0.1, -0.05) is 46.3 Å². The Kier molecular flexibility index (Phi) is 5.00. The molecular weight excluding hydrogens is 300 g/mol. The first kappa shape index (κ1) is 14.1. The smallest absolute Gasteiger partial charge is 0.0400 e. The van der Waals surface area contributed by atoms with E-state index in [1.54, 1.807) is 0 Å². The van der Waals surface area contributed by atoms with Gasteiger partial charge in [0.1, 0.15) is 0 Å². The van der Waals surface area contributed by atoms with Gasteiger partial charge in [0.2, 0.25) is 0 Å². The van der Waals surface area contributed by atoms with Gasteiger partial charge < -0.3 is 10.2 Å². The molecule has 0 atom stereocenters. The van der Waals surface area contributed by atoms with Crippen LogP contribution in [0.4, 0.5) is 5.69 Å². The quantitative estimate of drug-likeness (QED) is 0.892. The number of nitrogens with zero attached hydrogens (tertiary/aromatic N) is 1. The van der Waals surface area contributed by atoms with Crippen LogP contribution in [0.25, 0.3) is 0 Å². The van der Waals surface area contributed by atoms with Gasteiger partial charge in [0.15, 0.2) is 0 Å².